The number of piperazine rings is 1. The lowest BCUT2D eigenvalue weighted by atomic mass is 10.1. The molecule has 0 spiro atoms. The molecule has 162 valence electrons. The average Bonchev–Trinajstić information content (AvgIpc) is 3.47. The predicted molar refractivity (Wildman–Crippen MR) is 120 cm³/mol. The van der Waals surface area contributed by atoms with Gasteiger partial charge in [-0.05, 0) is 42.8 Å². The Bertz CT molecular complexity index is 1340. The molecule has 0 saturated carbocycles. The first-order valence-electron chi connectivity index (χ1n) is 10.8. The van der Waals surface area contributed by atoms with Crippen molar-refractivity contribution in [2.24, 2.45) is 0 Å². The summed E-state index contributed by atoms with van der Waals surface area (Å²) in [6.07, 6.45) is 0. The molecule has 7 nitrogen and oxygen atoms in total. The zero-order valence-electron chi connectivity index (χ0n) is 17.8. The third-order valence-electron chi connectivity index (χ3n) is 6.27. The van der Waals surface area contributed by atoms with Crippen LogP contribution < -0.4 is 9.47 Å². The summed E-state index contributed by atoms with van der Waals surface area (Å²) in [4.78, 5) is 22.0. The summed E-state index contributed by atoms with van der Waals surface area (Å²) in [6.45, 7) is 6.00. The van der Waals surface area contributed by atoms with Crippen LogP contribution in [-0.2, 0) is 6.54 Å². The molecule has 0 atom stereocenters. The average molecular weight is 429 g/mol. The number of hydrogen-bond donors (Lipinski definition) is 0. The van der Waals surface area contributed by atoms with Crippen LogP contribution in [0, 0.1) is 6.92 Å². The number of aromatic nitrogens is 1. The van der Waals surface area contributed by atoms with Crippen molar-refractivity contribution in [3.05, 3.63) is 65.5 Å². The highest BCUT2D eigenvalue weighted by Gasteiger charge is 2.26. The lowest BCUT2D eigenvalue weighted by Gasteiger charge is -2.34. The lowest BCUT2D eigenvalue weighted by Crippen LogP contribution is -2.48. The van der Waals surface area contributed by atoms with Crippen LogP contribution in [0.15, 0.2) is 52.9 Å². The maximum absolute atomic E-state index is 13.2. The monoisotopic (exact) mass is 429 g/mol. The Morgan fingerprint density at radius 2 is 1.78 bits per heavy atom. The van der Waals surface area contributed by atoms with E-state index in [4.69, 9.17) is 13.9 Å². The van der Waals surface area contributed by atoms with Crippen LogP contribution in [0.2, 0.25) is 0 Å². The molecule has 2 aliphatic rings. The summed E-state index contributed by atoms with van der Waals surface area (Å²) < 4.78 is 16.9. The number of amides is 1. The standard InChI is InChI=1S/C25H23N3O4/c1-16-19-13-23(32-24(19)18-4-2-3-5-20(18)26-16)25(29)28-10-8-27(9-11-28)14-17-6-7-21-22(12-17)31-15-30-21/h2-7,12-13H,8-11,14-15H2,1H3. The molecule has 0 aliphatic carbocycles. The van der Waals surface area contributed by atoms with E-state index in [0.29, 0.717) is 18.8 Å². The molecule has 4 aromatic rings. The summed E-state index contributed by atoms with van der Waals surface area (Å²) in [6, 6.07) is 15.8. The minimum Gasteiger partial charge on any atom is -0.454 e. The molecule has 2 aromatic carbocycles. The van der Waals surface area contributed by atoms with Crippen molar-refractivity contribution in [2.45, 2.75) is 13.5 Å². The number of nitrogens with zero attached hydrogens (tertiary/aromatic N) is 3. The molecule has 32 heavy (non-hydrogen) atoms. The second kappa shape index (κ2) is 7.53. The van der Waals surface area contributed by atoms with Crippen LogP contribution >= 0.6 is 0 Å². The summed E-state index contributed by atoms with van der Waals surface area (Å²) >= 11 is 0. The van der Waals surface area contributed by atoms with Crippen molar-refractivity contribution in [2.75, 3.05) is 33.0 Å². The van der Waals surface area contributed by atoms with Gasteiger partial charge in [-0.25, -0.2) is 0 Å². The van der Waals surface area contributed by atoms with E-state index in [0.717, 1.165) is 58.7 Å². The van der Waals surface area contributed by atoms with Crippen molar-refractivity contribution >= 4 is 27.8 Å². The van der Waals surface area contributed by atoms with Crippen LogP contribution in [0.5, 0.6) is 11.5 Å². The Morgan fingerprint density at radius 1 is 0.969 bits per heavy atom. The number of furan rings is 1. The first-order valence-corrected chi connectivity index (χ1v) is 10.8. The first-order chi connectivity index (χ1) is 15.7. The van der Waals surface area contributed by atoms with Gasteiger partial charge in [0, 0.05) is 49.2 Å². The largest absolute Gasteiger partial charge is 0.454 e. The molecule has 2 aromatic heterocycles. The van der Waals surface area contributed by atoms with E-state index in [1.807, 2.05) is 54.3 Å². The lowest BCUT2D eigenvalue weighted by molar-refractivity contribution is 0.0600. The zero-order chi connectivity index (χ0) is 21.7. The number of benzene rings is 2. The fourth-order valence-electron chi connectivity index (χ4n) is 4.53. The van der Waals surface area contributed by atoms with Crippen molar-refractivity contribution < 1.29 is 18.7 Å². The minimum atomic E-state index is -0.0626. The fraction of sp³-hybridized carbons (Fsp3) is 0.280. The molecule has 0 bridgehead atoms. The molecule has 1 saturated heterocycles. The van der Waals surface area contributed by atoms with Crippen molar-refractivity contribution in [1.82, 2.24) is 14.8 Å². The van der Waals surface area contributed by atoms with Crippen LogP contribution in [0.3, 0.4) is 0 Å². The highest BCUT2D eigenvalue weighted by Crippen LogP contribution is 2.33. The van der Waals surface area contributed by atoms with Gasteiger partial charge in [-0.2, -0.15) is 0 Å². The number of carbonyl (C=O) groups is 1. The topological polar surface area (TPSA) is 68.0 Å². The first kappa shape index (κ1) is 19.1. The third kappa shape index (κ3) is 3.26. The molecule has 6 rings (SSSR count). The molecule has 0 radical (unpaired) electrons. The second-order valence-corrected chi connectivity index (χ2v) is 8.32. The predicted octanol–water partition coefficient (Wildman–Crippen LogP) is 3.98. The molecule has 2 aliphatic heterocycles. The van der Waals surface area contributed by atoms with E-state index < -0.39 is 0 Å². The third-order valence-corrected chi connectivity index (χ3v) is 6.27. The van der Waals surface area contributed by atoms with Crippen molar-refractivity contribution in [3.63, 3.8) is 0 Å². The molecule has 7 heteroatoms. The SMILES string of the molecule is Cc1nc2ccccc2c2oc(C(=O)N3CCN(Cc4ccc5c(c4)OCO5)CC3)cc12. The molecule has 4 heterocycles. The minimum absolute atomic E-state index is 0.0626. The van der Waals surface area contributed by atoms with Gasteiger partial charge in [-0.15, -0.1) is 0 Å². The Labute approximate surface area is 185 Å². The molecule has 0 N–H and O–H groups in total. The van der Waals surface area contributed by atoms with Gasteiger partial charge in [0.2, 0.25) is 6.79 Å². The summed E-state index contributed by atoms with van der Waals surface area (Å²) in [5, 5.41) is 1.83. The Balaban J connectivity index is 1.16. The van der Waals surface area contributed by atoms with E-state index in [1.165, 1.54) is 5.56 Å². The number of ether oxygens (including phenoxy) is 2. The van der Waals surface area contributed by atoms with E-state index >= 15 is 0 Å². The number of aryl methyl sites for hydroxylation is 1. The number of hydrogen-bond acceptors (Lipinski definition) is 6. The maximum atomic E-state index is 13.2. The number of fused-ring (bicyclic) bond motifs is 4. The zero-order valence-corrected chi connectivity index (χ0v) is 17.8. The van der Waals surface area contributed by atoms with Gasteiger partial charge in [-0.3, -0.25) is 14.7 Å². The summed E-state index contributed by atoms with van der Waals surface area (Å²) in [5.41, 5.74) is 3.66. The Hall–Kier alpha value is -3.58. The number of carbonyl (C=O) groups excluding carboxylic acids is 1. The Morgan fingerprint density at radius 3 is 2.66 bits per heavy atom. The molecule has 0 unspecified atom stereocenters. The maximum Gasteiger partial charge on any atom is 0.289 e. The van der Waals surface area contributed by atoms with Gasteiger partial charge in [0.15, 0.2) is 17.3 Å². The number of rotatable bonds is 3. The van der Waals surface area contributed by atoms with E-state index in [9.17, 15) is 4.79 Å². The van der Waals surface area contributed by atoms with Gasteiger partial charge in [0.25, 0.3) is 5.91 Å². The van der Waals surface area contributed by atoms with Crippen LogP contribution in [0.25, 0.3) is 21.9 Å². The fourth-order valence-corrected chi connectivity index (χ4v) is 4.53. The van der Waals surface area contributed by atoms with Gasteiger partial charge in [0.05, 0.1) is 5.52 Å². The highest BCUT2D eigenvalue weighted by molar-refractivity contribution is 6.06. The van der Waals surface area contributed by atoms with Crippen LogP contribution in [0.1, 0.15) is 21.8 Å². The Kier molecular flexibility index (Phi) is 4.50. The summed E-state index contributed by atoms with van der Waals surface area (Å²) in [7, 11) is 0. The van der Waals surface area contributed by atoms with Gasteiger partial charge in [-0.1, -0.05) is 18.2 Å². The van der Waals surface area contributed by atoms with Gasteiger partial charge >= 0.3 is 0 Å². The number of para-hydroxylation sites is 1. The van der Waals surface area contributed by atoms with E-state index in [1.54, 1.807) is 0 Å². The van der Waals surface area contributed by atoms with E-state index in [-0.39, 0.29) is 12.7 Å². The van der Waals surface area contributed by atoms with Crippen molar-refractivity contribution in [3.8, 4) is 11.5 Å². The molecule has 1 fully saturated rings. The van der Waals surface area contributed by atoms with Crippen molar-refractivity contribution in [1.29, 1.82) is 0 Å². The number of pyridine rings is 1. The van der Waals surface area contributed by atoms with Gasteiger partial charge < -0.3 is 18.8 Å². The van der Waals surface area contributed by atoms with Gasteiger partial charge in [0.1, 0.15) is 5.58 Å². The molecule has 1 amide bonds. The van der Waals surface area contributed by atoms with Crippen LogP contribution in [-0.4, -0.2) is 53.7 Å². The smallest absolute Gasteiger partial charge is 0.289 e. The normalized spacial score (nSPS) is 16.2. The molecular formula is C25H23N3O4. The second-order valence-electron chi connectivity index (χ2n) is 8.32. The highest BCUT2D eigenvalue weighted by atomic mass is 16.7. The van der Waals surface area contributed by atoms with Crippen LogP contribution in [0.4, 0.5) is 0 Å². The summed E-state index contributed by atoms with van der Waals surface area (Å²) in [5.74, 6) is 1.92. The quantitative estimate of drug-likeness (QED) is 0.491. The molecular weight excluding hydrogens is 406 g/mol. The van der Waals surface area contributed by atoms with E-state index in [2.05, 4.69) is 16.0 Å².